The van der Waals surface area contributed by atoms with Crippen LogP contribution in [0.2, 0.25) is 0 Å². The summed E-state index contributed by atoms with van der Waals surface area (Å²) in [6, 6.07) is 9.58. The number of piperidine rings is 1. The molecule has 0 saturated carbocycles. The number of sulfone groups is 1. The van der Waals surface area contributed by atoms with E-state index >= 15 is 0 Å². The van der Waals surface area contributed by atoms with Crippen LogP contribution >= 0.6 is 0 Å². The first kappa shape index (κ1) is 18.9. The van der Waals surface area contributed by atoms with Crippen molar-refractivity contribution in [3.8, 4) is 0 Å². The van der Waals surface area contributed by atoms with Gasteiger partial charge in [-0.2, -0.15) is 0 Å². The SMILES string of the molecule is CC1(NC(=O)C2CCCN(C(=O)Cc3ccccc3)C2)CCS(=O)(=O)C1. The van der Waals surface area contributed by atoms with Crippen LogP contribution in [0.15, 0.2) is 30.3 Å². The number of rotatable bonds is 4. The smallest absolute Gasteiger partial charge is 0.227 e. The largest absolute Gasteiger partial charge is 0.350 e. The third-order valence-electron chi connectivity index (χ3n) is 5.27. The first-order valence-corrected chi connectivity index (χ1v) is 10.9. The Hall–Kier alpha value is -1.89. The van der Waals surface area contributed by atoms with Crippen molar-refractivity contribution < 1.29 is 18.0 Å². The van der Waals surface area contributed by atoms with Gasteiger partial charge in [-0.25, -0.2) is 8.42 Å². The molecule has 0 aromatic heterocycles. The van der Waals surface area contributed by atoms with Crippen LogP contribution in [0.25, 0.3) is 0 Å². The van der Waals surface area contributed by atoms with Gasteiger partial charge < -0.3 is 10.2 Å². The molecule has 0 spiro atoms. The average Bonchev–Trinajstić information content (AvgIpc) is 2.88. The number of likely N-dealkylation sites (tertiary alicyclic amines) is 1. The summed E-state index contributed by atoms with van der Waals surface area (Å²) < 4.78 is 23.4. The van der Waals surface area contributed by atoms with Gasteiger partial charge in [0.15, 0.2) is 9.84 Å². The zero-order valence-corrected chi connectivity index (χ0v) is 15.9. The molecular formula is C19H26N2O4S. The minimum Gasteiger partial charge on any atom is -0.350 e. The van der Waals surface area contributed by atoms with Gasteiger partial charge in [-0.15, -0.1) is 0 Å². The summed E-state index contributed by atoms with van der Waals surface area (Å²) in [6.07, 6.45) is 2.30. The van der Waals surface area contributed by atoms with Crippen molar-refractivity contribution in [1.82, 2.24) is 10.2 Å². The maximum atomic E-state index is 12.7. The Morgan fingerprint density at radius 1 is 1.27 bits per heavy atom. The Labute approximate surface area is 154 Å². The van der Waals surface area contributed by atoms with Gasteiger partial charge in [0.2, 0.25) is 11.8 Å². The molecule has 2 fully saturated rings. The van der Waals surface area contributed by atoms with Gasteiger partial charge in [0.05, 0.1) is 29.4 Å². The third-order valence-corrected chi connectivity index (χ3v) is 7.17. The number of benzene rings is 1. The minimum absolute atomic E-state index is 0.00485. The lowest BCUT2D eigenvalue weighted by atomic mass is 9.94. The number of amides is 2. The van der Waals surface area contributed by atoms with E-state index in [9.17, 15) is 18.0 Å². The highest BCUT2D eigenvalue weighted by atomic mass is 32.2. The summed E-state index contributed by atoms with van der Waals surface area (Å²) in [5, 5.41) is 2.93. The van der Waals surface area contributed by atoms with E-state index in [1.54, 1.807) is 11.8 Å². The highest BCUT2D eigenvalue weighted by Crippen LogP contribution is 2.25. The van der Waals surface area contributed by atoms with Gasteiger partial charge in [0.1, 0.15) is 0 Å². The predicted octanol–water partition coefficient (Wildman–Crippen LogP) is 1.16. The first-order chi connectivity index (χ1) is 12.3. The van der Waals surface area contributed by atoms with E-state index < -0.39 is 15.4 Å². The van der Waals surface area contributed by atoms with E-state index in [2.05, 4.69) is 5.32 Å². The van der Waals surface area contributed by atoms with Crippen LogP contribution in [-0.2, 0) is 25.8 Å². The summed E-state index contributed by atoms with van der Waals surface area (Å²) in [4.78, 5) is 27.0. The van der Waals surface area contributed by atoms with Crippen molar-refractivity contribution in [3.63, 3.8) is 0 Å². The Balaban J connectivity index is 1.57. The molecular weight excluding hydrogens is 352 g/mol. The van der Waals surface area contributed by atoms with Crippen LogP contribution in [0.1, 0.15) is 31.7 Å². The van der Waals surface area contributed by atoms with Gasteiger partial charge in [-0.1, -0.05) is 30.3 Å². The molecule has 2 aliphatic rings. The first-order valence-electron chi connectivity index (χ1n) is 9.11. The molecule has 2 heterocycles. The van der Waals surface area contributed by atoms with Crippen molar-refractivity contribution in [1.29, 1.82) is 0 Å². The quantitative estimate of drug-likeness (QED) is 0.852. The van der Waals surface area contributed by atoms with Gasteiger partial charge >= 0.3 is 0 Å². The second kappa shape index (κ2) is 7.39. The van der Waals surface area contributed by atoms with Crippen molar-refractivity contribution in [2.75, 3.05) is 24.6 Å². The molecule has 142 valence electrons. The molecule has 2 atom stereocenters. The number of carbonyl (C=O) groups excluding carboxylic acids is 2. The second-order valence-electron chi connectivity index (χ2n) is 7.73. The highest BCUT2D eigenvalue weighted by Gasteiger charge is 2.41. The van der Waals surface area contributed by atoms with Crippen molar-refractivity contribution in [2.45, 2.75) is 38.1 Å². The zero-order valence-electron chi connectivity index (χ0n) is 15.1. The Morgan fingerprint density at radius 2 is 2.00 bits per heavy atom. The molecule has 0 radical (unpaired) electrons. The molecule has 1 aromatic carbocycles. The van der Waals surface area contributed by atoms with E-state index in [0.717, 1.165) is 18.4 Å². The summed E-state index contributed by atoms with van der Waals surface area (Å²) in [5.41, 5.74) is 0.277. The molecule has 2 unspecified atom stereocenters. The van der Waals surface area contributed by atoms with Gasteiger partial charge in [0.25, 0.3) is 0 Å². The molecule has 6 nitrogen and oxygen atoms in total. The number of nitrogens with zero attached hydrogens (tertiary/aromatic N) is 1. The number of carbonyl (C=O) groups is 2. The van der Waals surface area contributed by atoms with Gasteiger partial charge in [0, 0.05) is 13.1 Å². The van der Waals surface area contributed by atoms with Crippen LogP contribution < -0.4 is 5.32 Å². The molecule has 7 heteroatoms. The minimum atomic E-state index is -3.07. The van der Waals surface area contributed by atoms with E-state index in [1.165, 1.54) is 0 Å². The molecule has 2 amide bonds. The molecule has 1 N–H and O–H groups in total. The van der Waals surface area contributed by atoms with Crippen molar-refractivity contribution in [2.24, 2.45) is 5.92 Å². The Bertz CT molecular complexity index is 778. The van der Waals surface area contributed by atoms with Crippen LogP contribution in [0.4, 0.5) is 0 Å². The Kier molecular flexibility index (Phi) is 5.37. The van der Waals surface area contributed by atoms with E-state index in [1.807, 2.05) is 30.3 Å². The molecule has 2 aliphatic heterocycles. The van der Waals surface area contributed by atoms with Crippen LogP contribution in [0.5, 0.6) is 0 Å². The lowest BCUT2D eigenvalue weighted by Crippen LogP contribution is -2.52. The molecule has 1 aromatic rings. The average molecular weight is 378 g/mol. The maximum absolute atomic E-state index is 12.7. The van der Waals surface area contributed by atoms with Crippen molar-refractivity contribution >= 4 is 21.7 Å². The molecule has 3 rings (SSSR count). The summed E-state index contributed by atoms with van der Waals surface area (Å²) >= 11 is 0. The second-order valence-corrected chi connectivity index (χ2v) is 9.92. The van der Waals surface area contributed by atoms with Crippen molar-refractivity contribution in [3.05, 3.63) is 35.9 Å². The molecule has 0 bridgehead atoms. The van der Waals surface area contributed by atoms with E-state index in [0.29, 0.717) is 25.9 Å². The number of hydrogen-bond donors (Lipinski definition) is 1. The highest BCUT2D eigenvalue weighted by molar-refractivity contribution is 7.91. The topological polar surface area (TPSA) is 83.6 Å². The lowest BCUT2D eigenvalue weighted by Gasteiger charge is -2.34. The summed E-state index contributed by atoms with van der Waals surface area (Å²) in [7, 11) is -3.07. The van der Waals surface area contributed by atoms with E-state index in [-0.39, 0.29) is 29.2 Å². The van der Waals surface area contributed by atoms with E-state index in [4.69, 9.17) is 0 Å². The zero-order chi connectivity index (χ0) is 18.8. The molecule has 2 saturated heterocycles. The standard InChI is InChI=1S/C19H26N2O4S/c1-19(9-11-26(24,25)14-19)20-18(23)16-8-5-10-21(13-16)17(22)12-15-6-3-2-4-7-15/h2-4,6-7,16H,5,8-14H2,1H3,(H,20,23). The fourth-order valence-corrected chi connectivity index (χ4v) is 5.90. The van der Waals surface area contributed by atoms with Crippen LogP contribution in [0.3, 0.4) is 0 Å². The van der Waals surface area contributed by atoms with Gasteiger partial charge in [-0.3, -0.25) is 9.59 Å². The summed E-state index contributed by atoms with van der Waals surface area (Å²) in [5.74, 6) is -0.264. The monoisotopic (exact) mass is 378 g/mol. The normalized spacial score (nSPS) is 27.9. The lowest BCUT2D eigenvalue weighted by molar-refractivity contribution is -0.135. The number of nitrogens with one attached hydrogen (secondary N) is 1. The maximum Gasteiger partial charge on any atom is 0.227 e. The fraction of sp³-hybridized carbons (Fsp3) is 0.579. The van der Waals surface area contributed by atoms with Crippen LogP contribution in [-0.4, -0.2) is 55.3 Å². The number of hydrogen-bond acceptors (Lipinski definition) is 4. The third kappa shape index (κ3) is 4.63. The molecule has 0 aliphatic carbocycles. The van der Waals surface area contributed by atoms with Crippen LogP contribution in [0, 0.1) is 5.92 Å². The predicted molar refractivity (Wildman–Crippen MR) is 99.3 cm³/mol. The Morgan fingerprint density at radius 3 is 2.65 bits per heavy atom. The van der Waals surface area contributed by atoms with Gasteiger partial charge in [-0.05, 0) is 31.7 Å². The molecule has 26 heavy (non-hydrogen) atoms. The summed E-state index contributed by atoms with van der Waals surface area (Å²) in [6.45, 7) is 2.86. The fourth-order valence-electron chi connectivity index (χ4n) is 3.81.